The number of likely N-dealkylation sites (tertiary alicyclic amines) is 1. The van der Waals surface area contributed by atoms with Crippen molar-refractivity contribution in [3.63, 3.8) is 0 Å². The van der Waals surface area contributed by atoms with Crippen LogP contribution in [0.2, 0.25) is 0 Å². The fraction of sp³-hybridized carbons (Fsp3) is 0.500. The van der Waals surface area contributed by atoms with Crippen LogP contribution in [-0.4, -0.2) is 33.6 Å². The number of hydrogen-bond donors (Lipinski definition) is 2. The van der Waals surface area contributed by atoms with Crippen molar-refractivity contribution in [2.24, 2.45) is 5.92 Å². The number of aromatic hydroxyl groups is 2. The standard InChI is InChI=1S/C14H19NO3/c1-9-3-4-10(2)15(8-9)14(18)12-6-5-11(16)7-13(12)17/h5-7,9-10,16-17H,3-4,8H2,1-2H3. The summed E-state index contributed by atoms with van der Waals surface area (Å²) in [6.07, 6.45) is 2.12. The Morgan fingerprint density at radius 2 is 2.00 bits per heavy atom. The first-order chi connectivity index (χ1) is 8.49. The number of phenolic OH excluding ortho intramolecular Hbond substituents is 2. The predicted molar refractivity (Wildman–Crippen MR) is 68.7 cm³/mol. The van der Waals surface area contributed by atoms with E-state index < -0.39 is 0 Å². The SMILES string of the molecule is CC1CCC(C)N(C(=O)c2ccc(O)cc2O)C1. The molecule has 0 saturated carbocycles. The molecule has 1 aromatic carbocycles. The highest BCUT2D eigenvalue weighted by Gasteiger charge is 2.28. The van der Waals surface area contributed by atoms with E-state index in [1.54, 1.807) is 4.90 Å². The van der Waals surface area contributed by atoms with E-state index in [1.165, 1.54) is 18.2 Å². The van der Waals surface area contributed by atoms with Crippen LogP contribution in [0.4, 0.5) is 0 Å². The average molecular weight is 249 g/mol. The van der Waals surface area contributed by atoms with Gasteiger partial charge in [-0.2, -0.15) is 0 Å². The number of phenols is 2. The predicted octanol–water partition coefficient (Wildman–Crippen LogP) is 2.36. The van der Waals surface area contributed by atoms with Crippen LogP contribution >= 0.6 is 0 Å². The zero-order chi connectivity index (χ0) is 13.3. The topological polar surface area (TPSA) is 60.8 Å². The number of carbonyl (C=O) groups excluding carboxylic acids is 1. The van der Waals surface area contributed by atoms with E-state index in [-0.39, 0.29) is 29.0 Å². The summed E-state index contributed by atoms with van der Waals surface area (Å²) in [6.45, 7) is 4.88. The molecule has 18 heavy (non-hydrogen) atoms. The van der Waals surface area contributed by atoms with Gasteiger partial charge in [0, 0.05) is 18.7 Å². The van der Waals surface area contributed by atoms with Gasteiger partial charge in [0.05, 0.1) is 5.56 Å². The van der Waals surface area contributed by atoms with Crippen molar-refractivity contribution in [3.05, 3.63) is 23.8 Å². The van der Waals surface area contributed by atoms with E-state index in [4.69, 9.17) is 0 Å². The Balaban J connectivity index is 2.24. The molecular formula is C14H19NO3. The molecule has 2 N–H and O–H groups in total. The van der Waals surface area contributed by atoms with Crippen molar-refractivity contribution < 1.29 is 15.0 Å². The Labute approximate surface area is 107 Å². The van der Waals surface area contributed by atoms with Gasteiger partial charge in [-0.25, -0.2) is 0 Å². The zero-order valence-corrected chi connectivity index (χ0v) is 10.8. The van der Waals surface area contributed by atoms with Crippen LogP contribution in [0.1, 0.15) is 37.0 Å². The molecule has 4 heteroatoms. The van der Waals surface area contributed by atoms with E-state index in [2.05, 4.69) is 6.92 Å². The minimum absolute atomic E-state index is 0.0379. The molecule has 1 heterocycles. The summed E-state index contributed by atoms with van der Waals surface area (Å²) in [5.74, 6) is 0.130. The van der Waals surface area contributed by atoms with Crippen LogP contribution in [0.5, 0.6) is 11.5 Å². The molecule has 1 fully saturated rings. The van der Waals surface area contributed by atoms with Gasteiger partial charge >= 0.3 is 0 Å². The molecule has 2 atom stereocenters. The van der Waals surface area contributed by atoms with Gasteiger partial charge < -0.3 is 15.1 Å². The summed E-state index contributed by atoms with van der Waals surface area (Å²) in [7, 11) is 0. The van der Waals surface area contributed by atoms with Gasteiger partial charge in [-0.3, -0.25) is 4.79 Å². The van der Waals surface area contributed by atoms with Crippen LogP contribution in [-0.2, 0) is 0 Å². The number of rotatable bonds is 1. The Morgan fingerprint density at radius 3 is 2.67 bits per heavy atom. The van der Waals surface area contributed by atoms with Crippen molar-refractivity contribution in [3.8, 4) is 11.5 Å². The van der Waals surface area contributed by atoms with E-state index in [0.717, 1.165) is 19.4 Å². The highest BCUT2D eigenvalue weighted by atomic mass is 16.3. The molecule has 0 aromatic heterocycles. The van der Waals surface area contributed by atoms with Gasteiger partial charge in [-0.15, -0.1) is 0 Å². The molecule has 0 radical (unpaired) electrons. The minimum atomic E-state index is -0.162. The van der Waals surface area contributed by atoms with Crippen molar-refractivity contribution in [1.82, 2.24) is 4.90 Å². The van der Waals surface area contributed by atoms with Gasteiger partial charge in [0.2, 0.25) is 0 Å². The Bertz CT molecular complexity index is 458. The zero-order valence-electron chi connectivity index (χ0n) is 10.8. The highest BCUT2D eigenvalue weighted by Crippen LogP contribution is 2.28. The van der Waals surface area contributed by atoms with Crippen LogP contribution in [0.15, 0.2) is 18.2 Å². The quantitative estimate of drug-likeness (QED) is 0.803. The summed E-state index contributed by atoms with van der Waals surface area (Å²) >= 11 is 0. The van der Waals surface area contributed by atoms with Crippen molar-refractivity contribution >= 4 is 5.91 Å². The van der Waals surface area contributed by atoms with Crippen molar-refractivity contribution in [1.29, 1.82) is 0 Å². The number of benzene rings is 1. The van der Waals surface area contributed by atoms with E-state index in [9.17, 15) is 15.0 Å². The molecule has 1 amide bonds. The van der Waals surface area contributed by atoms with Gasteiger partial charge in [-0.05, 0) is 37.8 Å². The summed E-state index contributed by atoms with van der Waals surface area (Å²) in [5.41, 5.74) is 0.258. The molecule has 1 aliphatic rings. The summed E-state index contributed by atoms with van der Waals surface area (Å²) < 4.78 is 0. The summed E-state index contributed by atoms with van der Waals surface area (Å²) in [6, 6.07) is 4.29. The van der Waals surface area contributed by atoms with Gasteiger partial charge in [0.15, 0.2) is 0 Å². The van der Waals surface area contributed by atoms with Crippen LogP contribution in [0.3, 0.4) is 0 Å². The molecule has 1 aromatic rings. The van der Waals surface area contributed by atoms with Gasteiger partial charge in [0.25, 0.3) is 5.91 Å². The number of carbonyl (C=O) groups is 1. The Hall–Kier alpha value is -1.71. The average Bonchev–Trinajstić information content (AvgIpc) is 2.31. The highest BCUT2D eigenvalue weighted by molar-refractivity contribution is 5.97. The van der Waals surface area contributed by atoms with E-state index in [1.807, 2.05) is 6.92 Å². The Kier molecular flexibility index (Phi) is 3.45. The van der Waals surface area contributed by atoms with E-state index in [0.29, 0.717) is 5.92 Å². The third-order valence-corrected chi connectivity index (χ3v) is 3.59. The summed E-state index contributed by atoms with van der Waals surface area (Å²) in [4.78, 5) is 14.2. The number of amides is 1. The second-order valence-corrected chi connectivity index (χ2v) is 5.19. The molecule has 2 unspecified atom stereocenters. The lowest BCUT2D eigenvalue weighted by molar-refractivity contribution is 0.0571. The van der Waals surface area contributed by atoms with Crippen LogP contribution in [0, 0.1) is 5.92 Å². The van der Waals surface area contributed by atoms with Crippen LogP contribution < -0.4 is 0 Å². The molecule has 0 spiro atoms. The first-order valence-corrected chi connectivity index (χ1v) is 6.32. The molecule has 2 rings (SSSR count). The molecule has 0 aliphatic carbocycles. The number of nitrogens with zero attached hydrogens (tertiary/aromatic N) is 1. The molecule has 1 saturated heterocycles. The second-order valence-electron chi connectivity index (χ2n) is 5.19. The number of hydrogen-bond acceptors (Lipinski definition) is 3. The lowest BCUT2D eigenvalue weighted by Gasteiger charge is -2.37. The molecule has 4 nitrogen and oxygen atoms in total. The second kappa shape index (κ2) is 4.88. The minimum Gasteiger partial charge on any atom is -0.508 e. The summed E-state index contributed by atoms with van der Waals surface area (Å²) in [5, 5.41) is 19.0. The van der Waals surface area contributed by atoms with Crippen molar-refractivity contribution in [2.45, 2.75) is 32.7 Å². The van der Waals surface area contributed by atoms with Crippen LogP contribution in [0.25, 0.3) is 0 Å². The first-order valence-electron chi connectivity index (χ1n) is 6.32. The fourth-order valence-corrected chi connectivity index (χ4v) is 2.43. The van der Waals surface area contributed by atoms with Crippen molar-refractivity contribution in [2.75, 3.05) is 6.54 Å². The third-order valence-electron chi connectivity index (χ3n) is 3.59. The smallest absolute Gasteiger partial charge is 0.257 e. The third kappa shape index (κ3) is 2.42. The lowest BCUT2D eigenvalue weighted by atomic mass is 9.94. The molecule has 98 valence electrons. The first kappa shape index (κ1) is 12.7. The van der Waals surface area contributed by atoms with E-state index >= 15 is 0 Å². The fourth-order valence-electron chi connectivity index (χ4n) is 2.43. The normalized spacial score (nSPS) is 24.0. The molecule has 0 bridgehead atoms. The van der Waals surface area contributed by atoms with Gasteiger partial charge in [0.1, 0.15) is 11.5 Å². The maximum absolute atomic E-state index is 12.4. The number of piperidine rings is 1. The molecule has 1 aliphatic heterocycles. The Morgan fingerprint density at radius 1 is 1.28 bits per heavy atom. The lowest BCUT2D eigenvalue weighted by Crippen LogP contribution is -2.44. The largest absolute Gasteiger partial charge is 0.508 e. The maximum Gasteiger partial charge on any atom is 0.257 e. The maximum atomic E-state index is 12.4. The monoisotopic (exact) mass is 249 g/mol. The van der Waals surface area contributed by atoms with Gasteiger partial charge in [-0.1, -0.05) is 6.92 Å². The molecular weight excluding hydrogens is 230 g/mol.